The molecule has 0 aliphatic carbocycles. The van der Waals surface area contributed by atoms with Crippen molar-refractivity contribution in [2.45, 2.75) is 44.7 Å². The van der Waals surface area contributed by atoms with Gasteiger partial charge in [0.2, 0.25) is 0 Å². The van der Waals surface area contributed by atoms with E-state index in [2.05, 4.69) is 11.8 Å². The van der Waals surface area contributed by atoms with Crippen LogP contribution in [0.2, 0.25) is 0 Å². The van der Waals surface area contributed by atoms with Gasteiger partial charge in [-0.05, 0) is 43.5 Å². The lowest BCUT2D eigenvalue weighted by Crippen LogP contribution is -2.44. The molecule has 1 aliphatic heterocycles. The van der Waals surface area contributed by atoms with Crippen molar-refractivity contribution in [3.8, 4) is 0 Å². The summed E-state index contributed by atoms with van der Waals surface area (Å²) in [6.07, 6.45) is 4.98. The molecule has 3 heteroatoms. The molecular weight excluding hydrogens is 227 g/mol. The lowest BCUT2D eigenvalue weighted by atomic mass is 9.95. The molecule has 0 radical (unpaired) electrons. The maximum atomic E-state index is 13.0. The number of likely N-dealkylation sites (tertiary alicyclic amines) is 1. The van der Waals surface area contributed by atoms with Gasteiger partial charge in [0.25, 0.3) is 0 Å². The van der Waals surface area contributed by atoms with Crippen LogP contribution in [0.3, 0.4) is 0 Å². The Kier molecular flexibility index (Phi) is 4.72. The first-order valence-electron chi connectivity index (χ1n) is 6.97. The van der Waals surface area contributed by atoms with Crippen LogP contribution < -0.4 is 5.73 Å². The SMILES string of the molecule is CCC1CCCCN1C(CN)c1ccc(F)cc1. The molecule has 1 aromatic carbocycles. The number of hydrogen-bond acceptors (Lipinski definition) is 2. The highest BCUT2D eigenvalue weighted by Gasteiger charge is 2.27. The highest BCUT2D eigenvalue weighted by molar-refractivity contribution is 5.20. The lowest BCUT2D eigenvalue weighted by Gasteiger charge is -2.40. The van der Waals surface area contributed by atoms with Gasteiger partial charge in [0.05, 0.1) is 0 Å². The van der Waals surface area contributed by atoms with Gasteiger partial charge in [0.15, 0.2) is 0 Å². The van der Waals surface area contributed by atoms with E-state index in [9.17, 15) is 4.39 Å². The number of halogens is 1. The third-order valence-electron chi connectivity index (χ3n) is 4.02. The zero-order valence-electron chi connectivity index (χ0n) is 11.1. The van der Waals surface area contributed by atoms with Gasteiger partial charge in [-0.2, -0.15) is 0 Å². The molecule has 0 amide bonds. The van der Waals surface area contributed by atoms with Gasteiger partial charge in [0, 0.05) is 18.6 Å². The van der Waals surface area contributed by atoms with Crippen molar-refractivity contribution >= 4 is 0 Å². The summed E-state index contributed by atoms with van der Waals surface area (Å²) < 4.78 is 13.0. The van der Waals surface area contributed by atoms with Crippen LogP contribution in [0.1, 0.15) is 44.2 Å². The quantitative estimate of drug-likeness (QED) is 0.889. The number of nitrogens with two attached hydrogens (primary N) is 1. The Morgan fingerprint density at radius 1 is 1.33 bits per heavy atom. The Morgan fingerprint density at radius 2 is 2.06 bits per heavy atom. The molecule has 0 saturated carbocycles. The fourth-order valence-corrected chi connectivity index (χ4v) is 3.02. The van der Waals surface area contributed by atoms with E-state index in [1.165, 1.54) is 31.4 Å². The summed E-state index contributed by atoms with van der Waals surface area (Å²) in [5.41, 5.74) is 7.09. The predicted octanol–water partition coefficient (Wildman–Crippen LogP) is 3.09. The molecule has 0 aromatic heterocycles. The molecule has 2 nitrogen and oxygen atoms in total. The Labute approximate surface area is 109 Å². The van der Waals surface area contributed by atoms with Crippen LogP contribution in [0.15, 0.2) is 24.3 Å². The number of hydrogen-bond donors (Lipinski definition) is 1. The smallest absolute Gasteiger partial charge is 0.123 e. The van der Waals surface area contributed by atoms with Gasteiger partial charge in [0.1, 0.15) is 5.82 Å². The molecule has 1 aliphatic rings. The van der Waals surface area contributed by atoms with Crippen molar-refractivity contribution in [1.82, 2.24) is 4.90 Å². The molecule has 0 bridgehead atoms. The zero-order valence-corrected chi connectivity index (χ0v) is 11.1. The summed E-state index contributed by atoms with van der Waals surface area (Å²) in [4.78, 5) is 2.51. The van der Waals surface area contributed by atoms with Gasteiger partial charge >= 0.3 is 0 Å². The Hall–Kier alpha value is -0.930. The normalized spacial score (nSPS) is 22.9. The number of rotatable bonds is 4. The first-order valence-corrected chi connectivity index (χ1v) is 6.97. The molecule has 1 fully saturated rings. The van der Waals surface area contributed by atoms with Crippen LogP contribution in [0.5, 0.6) is 0 Å². The van der Waals surface area contributed by atoms with Gasteiger partial charge in [-0.1, -0.05) is 25.5 Å². The summed E-state index contributed by atoms with van der Waals surface area (Å²) in [5.74, 6) is -0.180. The molecule has 1 heterocycles. The largest absolute Gasteiger partial charge is 0.329 e. The van der Waals surface area contributed by atoms with E-state index in [1.54, 1.807) is 0 Å². The molecule has 1 saturated heterocycles. The van der Waals surface area contributed by atoms with E-state index in [4.69, 9.17) is 5.73 Å². The van der Waals surface area contributed by atoms with Crippen LogP contribution in [-0.4, -0.2) is 24.0 Å². The van der Waals surface area contributed by atoms with Gasteiger partial charge in [-0.3, -0.25) is 4.90 Å². The molecule has 2 atom stereocenters. The number of benzene rings is 1. The van der Waals surface area contributed by atoms with E-state index in [-0.39, 0.29) is 11.9 Å². The second-order valence-corrected chi connectivity index (χ2v) is 5.10. The monoisotopic (exact) mass is 250 g/mol. The summed E-state index contributed by atoms with van der Waals surface area (Å²) >= 11 is 0. The van der Waals surface area contributed by atoms with Crippen LogP contribution in [-0.2, 0) is 0 Å². The van der Waals surface area contributed by atoms with Crippen molar-refractivity contribution in [3.63, 3.8) is 0 Å². The molecule has 18 heavy (non-hydrogen) atoms. The standard InChI is InChI=1S/C15H23FN2/c1-2-14-5-3-4-10-18(14)15(11-17)12-6-8-13(16)9-7-12/h6-9,14-15H,2-5,10-11,17H2,1H3. The third kappa shape index (κ3) is 2.90. The molecule has 0 spiro atoms. The second kappa shape index (κ2) is 6.30. The van der Waals surface area contributed by atoms with E-state index in [0.29, 0.717) is 12.6 Å². The van der Waals surface area contributed by atoms with Gasteiger partial charge in [-0.15, -0.1) is 0 Å². The highest BCUT2D eigenvalue weighted by Crippen LogP contribution is 2.29. The number of nitrogens with zero attached hydrogens (tertiary/aromatic N) is 1. The van der Waals surface area contributed by atoms with Crippen LogP contribution in [0, 0.1) is 5.82 Å². The number of piperidine rings is 1. The topological polar surface area (TPSA) is 29.3 Å². The van der Waals surface area contributed by atoms with Crippen molar-refractivity contribution in [3.05, 3.63) is 35.6 Å². The fraction of sp³-hybridized carbons (Fsp3) is 0.600. The van der Waals surface area contributed by atoms with Gasteiger partial charge in [-0.25, -0.2) is 4.39 Å². The minimum Gasteiger partial charge on any atom is -0.329 e. The summed E-state index contributed by atoms with van der Waals surface area (Å²) in [6, 6.07) is 7.65. The van der Waals surface area contributed by atoms with Crippen molar-refractivity contribution in [2.24, 2.45) is 5.73 Å². The van der Waals surface area contributed by atoms with E-state index in [0.717, 1.165) is 18.5 Å². The van der Waals surface area contributed by atoms with Crippen molar-refractivity contribution < 1.29 is 4.39 Å². The summed E-state index contributed by atoms with van der Waals surface area (Å²) in [7, 11) is 0. The Bertz CT molecular complexity index is 363. The molecule has 2 unspecified atom stereocenters. The molecule has 1 aromatic rings. The molecule has 2 N–H and O–H groups in total. The molecule has 100 valence electrons. The van der Waals surface area contributed by atoms with Crippen LogP contribution in [0.4, 0.5) is 4.39 Å². The van der Waals surface area contributed by atoms with Gasteiger partial charge < -0.3 is 5.73 Å². The van der Waals surface area contributed by atoms with E-state index < -0.39 is 0 Å². The van der Waals surface area contributed by atoms with E-state index in [1.807, 2.05) is 12.1 Å². The van der Waals surface area contributed by atoms with E-state index >= 15 is 0 Å². The maximum absolute atomic E-state index is 13.0. The Balaban J connectivity index is 2.18. The highest BCUT2D eigenvalue weighted by atomic mass is 19.1. The van der Waals surface area contributed by atoms with Crippen LogP contribution in [0.25, 0.3) is 0 Å². The minimum absolute atomic E-state index is 0.180. The third-order valence-corrected chi connectivity index (χ3v) is 4.02. The summed E-state index contributed by atoms with van der Waals surface area (Å²) in [5, 5.41) is 0. The lowest BCUT2D eigenvalue weighted by molar-refractivity contribution is 0.0949. The van der Waals surface area contributed by atoms with Crippen molar-refractivity contribution in [2.75, 3.05) is 13.1 Å². The average Bonchev–Trinajstić information content (AvgIpc) is 2.42. The summed E-state index contributed by atoms with van der Waals surface area (Å²) in [6.45, 7) is 3.95. The molecule has 2 rings (SSSR count). The fourth-order valence-electron chi connectivity index (χ4n) is 3.02. The van der Waals surface area contributed by atoms with Crippen LogP contribution >= 0.6 is 0 Å². The Morgan fingerprint density at radius 3 is 2.67 bits per heavy atom. The first-order chi connectivity index (χ1) is 8.76. The predicted molar refractivity (Wildman–Crippen MR) is 72.8 cm³/mol. The minimum atomic E-state index is -0.180. The first kappa shape index (κ1) is 13.5. The zero-order chi connectivity index (χ0) is 13.0. The maximum Gasteiger partial charge on any atom is 0.123 e. The van der Waals surface area contributed by atoms with Crippen molar-refractivity contribution in [1.29, 1.82) is 0 Å². The second-order valence-electron chi connectivity index (χ2n) is 5.10. The molecular formula is C15H23FN2. The average molecular weight is 250 g/mol.